The quantitative estimate of drug-likeness (QED) is 0.667. The molecule has 1 atom stereocenters. The van der Waals surface area contributed by atoms with Crippen LogP contribution in [0.1, 0.15) is 26.3 Å². The number of hydrogen-bond donors (Lipinski definition) is 1. The summed E-state index contributed by atoms with van der Waals surface area (Å²) < 4.78 is 10.8. The van der Waals surface area contributed by atoms with Gasteiger partial charge in [-0.15, -0.1) is 0 Å². The Morgan fingerprint density at radius 1 is 0.966 bits per heavy atom. The molecule has 2 aromatic rings. The monoisotopic (exact) mass is 398 g/mol. The van der Waals surface area contributed by atoms with E-state index < -0.39 is 6.04 Å². The number of carbonyl (C=O) groups is 2. The van der Waals surface area contributed by atoms with Crippen LogP contribution in [-0.4, -0.2) is 43.0 Å². The predicted molar refractivity (Wildman–Crippen MR) is 113 cm³/mol. The molecule has 0 saturated carbocycles. The molecule has 0 heterocycles. The van der Waals surface area contributed by atoms with Gasteiger partial charge in [-0.05, 0) is 42.7 Å². The zero-order valence-electron chi connectivity index (χ0n) is 17.6. The summed E-state index contributed by atoms with van der Waals surface area (Å²) in [5, 5.41) is 2.90. The first kappa shape index (κ1) is 22.3. The molecular weight excluding hydrogens is 368 g/mol. The topological polar surface area (TPSA) is 67.9 Å². The lowest BCUT2D eigenvalue weighted by Gasteiger charge is -2.29. The van der Waals surface area contributed by atoms with Crippen molar-refractivity contribution in [2.45, 2.75) is 33.4 Å². The Kier molecular flexibility index (Phi) is 8.52. The van der Waals surface area contributed by atoms with E-state index in [2.05, 4.69) is 5.32 Å². The van der Waals surface area contributed by atoms with Crippen molar-refractivity contribution in [1.82, 2.24) is 10.2 Å². The third-order valence-corrected chi connectivity index (χ3v) is 4.47. The van der Waals surface area contributed by atoms with Gasteiger partial charge in [0, 0.05) is 13.1 Å². The molecule has 0 radical (unpaired) electrons. The zero-order valence-corrected chi connectivity index (χ0v) is 17.6. The van der Waals surface area contributed by atoms with E-state index >= 15 is 0 Å². The molecule has 1 N–H and O–H groups in total. The van der Waals surface area contributed by atoms with Crippen molar-refractivity contribution in [2.75, 3.05) is 20.3 Å². The van der Waals surface area contributed by atoms with E-state index in [-0.39, 0.29) is 18.4 Å². The van der Waals surface area contributed by atoms with Crippen LogP contribution in [0, 0.1) is 5.92 Å². The normalized spacial score (nSPS) is 11.6. The fourth-order valence-electron chi connectivity index (χ4n) is 2.71. The Labute approximate surface area is 172 Å². The SMILES string of the molecule is COc1ccc(CN(C(=O)COc2ccccc2)[C@H](C)C(=O)NCC(C)C)cc1. The maximum atomic E-state index is 12.9. The average Bonchev–Trinajstić information content (AvgIpc) is 2.74. The minimum absolute atomic E-state index is 0.137. The second kappa shape index (κ2) is 11.1. The van der Waals surface area contributed by atoms with Crippen LogP contribution in [0.3, 0.4) is 0 Å². The molecule has 0 aromatic heterocycles. The molecule has 6 heteroatoms. The van der Waals surface area contributed by atoms with E-state index in [1.54, 1.807) is 31.1 Å². The number of methoxy groups -OCH3 is 1. The lowest BCUT2D eigenvalue weighted by molar-refractivity contribution is -0.142. The van der Waals surface area contributed by atoms with Gasteiger partial charge in [-0.1, -0.05) is 44.2 Å². The lowest BCUT2D eigenvalue weighted by atomic mass is 10.1. The fourth-order valence-corrected chi connectivity index (χ4v) is 2.71. The molecule has 2 aromatic carbocycles. The van der Waals surface area contributed by atoms with Gasteiger partial charge >= 0.3 is 0 Å². The molecule has 0 aliphatic carbocycles. The second-order valence-electron chi connectivity index (χ2n) is 7.29. The predicted octanol–water partition coefficient (Wildman–Crippen LogP) is 3.26. The van der Waals surface area contributed by atoms with Gasteiger partial charge in [0.1, 0.15) is 17.5 Å². The summed E-state index contributed by atoms with van der Waals surface area (Å²) in [6.45, 7) is 6.52. The van der Waals surface area contributed by atoms with Crippen molar-refractivity contribution in [3.8, 4) is 11.5 Å². The van der Waals surface area contributed by atoms with Crippen molar-refractivity contribution < 1.29 is 19.1 Å². The van der Waals surface area contributed by atoms with Crippen LogP contribution in [0.4, 0.5) is 0 Å². The summed E-state index contributed by atoms with van der Waals surface area (Å²) in [6, 6.07) is 16.0. The summed E-state index contributed by atoms with van der Waals surface area (Å²) in [5.74, 6) is 1.25. The van der Waals surface area contributed by atoms with E-state index in [4.69, 9.17) is 9.47 Å². The Morgan fingerprint density at radius 3 is 2.21 bits per heavy atom. The average molecular weight is 399 g/mol. The van der Waals surface area contributed by atoms with Gasteiger partial charge in [0.25, 0.3) is 5.91 Å². The first-order valence-corrected chi connectivity index (χ1v) is 9.78. The molecule has 0 aliphatic rings. The second-order valence-corrected chi connectivity index (χ2v) is 7.29. The lowest BCUT2D eigenvalue weighted by Crippen LogP contribution is -2.49. The Balaban J connectivity index is 2.11. The first-order chi connectivity index (χ1) is 13.9. The van der Waals surface area contributed by atoms with Crippen LogP contribution < -0.4 is 14.8 Å². The largest absolute Gasteiger partial charge is 0.497 e. The van der Waals surface area contributed by atoms with E-state index in [0.29, 0.717) is 24.8 Å². The summed E-state index contributed by atoms with van der Waals surface area (Å²) in [5.41, 5.74) is 0.905. The van der Waals surface area contributed by atoms with Crippen molar-refractivity contribution in [1.29, 1.82) is 0 Å². The molecular formula is C23H30N2O4. The van der Waals surface area contributed by atoms with Crippen LogP contribution >= 0.6 is 0 Å². The van der Waals surface area contributed by atoms with Crippen LogP contribution in [0.25, 0.3) is 0 Å². The highest BCUT2D eigenvalue weighted by Crippen LogP contribution is 2.16. The van der Waals surface area contributed by atoms with Gasteiger partial charge < -0.3 is 19.7 Å². The summed E-state index contributed by atoms with van der Waals surface area (Å²) >= 11 is 0. The number of rotatable bonds is 10. The highest BCUT2D eigenvalue weighted by molar-refractivity contribution is 5.87. The molecule has 6 nitrogen and oxygen atoms in total. The fraction of sp³-hybridized carbons (Fsp3) is 0.391. The summed E-state index contributed by atoms with van der Waals surface area (Å²) in [6.07, 6.45) is 0. The van der Waals surface area contributed by atoms with Crippen molar-refractivity contribution in [3.63, 3.8) is 0 Å². The van der Waals surface area contributed by atoms with E-state index in [1.165, 1.54) is 0 Å². The van der Waals surface area contributed by atoms with Gasteiger partial charge in [-0.2, -0.15) is 0 Å². The number of carbonyl (C=O) groups excluding carboxylic acids is 2. The molecule has 156 valence electrons. The first-order valence-electron chi connectivity index (χ1n) is 9.78. The number of hydrogen-bond acceptors (Lipinski definition) is 4. The highest BCUT2D eigenvalue weighted by Gasteiger charge is 2.26. The molecule has 0 saturated heterocycles. The van der Waals surface area contributed by atoms with E-state index in [9.17, 15) is 9.59 Å². The third kappa shape index (κ3) is 7.14. The maximum Gasteiger partial charge on any atom is 0.261 e. The van der Waals surface area contributed by atoms with Gasteiger partial charge in [-0.25, -0.2) is 0 Å². The number of nitrogens with one attached hydrogen (secondary N) is 1. The molecule has 2 rings (SSSR count). The van der Waals surface area contributed by atoms with Crippen molar-refractivity contribution in [3.05, 3.63) is 60.2 Å². The number of nitrogens with zero attached hydrogens (tertiary/aromatic N) is 1. The molecule has 0 fully saturated rings. The number of ether oxygens (including phenoxy) is 2. The van der Waals surface area contributed by atoms with Crippen molar-refractivity contribution >= 4 is 11.8 Å². The van der Waals surface area contributed by atoms with E-state index in [0.717, 1.165) is 11.3 Å². The molecule has 29 heavy (non-hydrogen) atoms. The van der Waals surface area contributed by atoms with Crippen LogP contribution in [0.15, 0.2) is 54.6 Å². The van der Waals surface area contributed by atoms with Gasteiger partial charge in [0.2, 0.25) is 5.91 Å². The molecule has 2 amide bonds. The third-order valence-electron chi connectivity index (χ3n) is 4.47. The van der Waals surface area contributed by atoms with Crippen LogP contribution in [-0.2, 0) is 16.1 Å². The molecule has 0 unspecified atom stereocenters. The van der Waals surface area contributed by atoms with Gasteiger partial charge in [-0.3, -0.25) is 9.59 Å². The summed E-state index contributed by atoms with van der Waals surface area (Å²) in [7, 11) is 1.60. The Hall–Kier alpha value is -3.02. The minimum atomic E-state index is -0.622. The maximum absolute atomic E-state index is 12.9. The van der Waals surface area contributed by atoms with Crippen LogP contribution in [0.2, 0.25) is 0 Å². The molecule has 0 aliphatic heterocycles. The molecule has 0 bridgehead atoms. The Morgan fingerprint density at radius 2 is 1.62 bits per heavy atom. The van der Waals surface area contributed by atoms with Crippen molar-refractivity contribution in [2.24, 2.45) is 5.92 Å². The van der Waals surface area contributed by atoms with Gasteiger partial charge in [0.15, 0.2) is 6.61 Å². The number of para-hydroxylation sites is 1. The van der Waals surface area contributed by atoms with Crippen LogP contribution in [0.5, 0.6) is 11.5 Å². The van der Waals surface area contributed by atoms with Gasteiger partial charge in [0.05, 0.1) is 7.11 Å². The zero-order chi connectivity index (χ0) is 21.2. The molecule has 0 spiro atoms. The van der Waals surface area contributed by atoms with E-state index in [1.807, 2.05) is 56.3 Å². The number of amides is 2. The minimum Gasteiger partial charge on any atom is -0.497 e. The Bertz CT molecular complexity index is 775. The summed E-state index contributed by atoms with van der Waals surface area (Å²) in [4.78, 5) is 27.1. The standard InChI is InChI=1S/C23H30N2O4/c1-17(2)14-24-23(27)18(3)25(15-19-10-12-20(28-4)13-11-19)22(26)16-29-21-8-6-5-7-9-21/h5-13,17-18H,14-16H2,1-4H3,(H,24,27)/t18-/m1/s1. The smallest absolute Gasteiger partial charge is 0.261 e. The highest BCUT2D eigenvalue weighted by atomic mass is 16.5. The number of benzene rings is 2.